The van der Waals surface area contributed by atoms with E-state index in [1.807, 2.05) is 42.3 Å². The maximum Gasteiger partial charge on any atom is 0.0801 e. The summed E-state index contributed by atoms with van der Waals surface area (Å²) in [7, 11) is 5.63. The molecule has 0 saturated carbocycles. The molecule has 1 aromatic carbocycles. The maximum absolute atomic E-state index is 9.71. The van der Waals surface area contributed by atoms with Crippen molar-refractivity contribution in [2.75, 3.05) is 13.6 Å². The lowest BCUT2D eigenvalue weighted by Gasteiger charge is -2.20. The number of hydrogen-bond acceptors (Lipinski definition) is 2. The topological polar surface area (TPSA) is 23.5 Å². The highest BCUT2D eigenvalue weighted by molar-refractivity contribution is 5.17. The van der Waals surface area contributed by atoms with Crippen LogP contribution in [-0.4, -0.2) is 23.6 Å². The Morgan fingerprint density at radius 2 is 2.00 bits per heavy atom. The molecule has 0 saturated heterocycles. The number of rotatable bonds is 4. The summed E-state index contributed by atoms with van der Waals surface area (Å²) in [5.41, 5.74) is 0.976. The molecule has 1 aromatic rings. The van der Waals surface area contributed by atoms with Crippen molar-refractivity contribution in [1.29, 1.82) is 0 Å². The van der Waals surface area contributed by atoms with Gasteiger partial charge in [0.05, 0.1) is 6.10 Å². The van der Waals surface area contributed by atoms with Crippen molar-refractivity contribution in [2.24, 2.45) is 0 Å². The lowest BCUT2D eigenvalue weighted by atomic mass is 10.1. The first-order valence-electron chi connectivity index (χ1n) is 4.45. The largest absolute Gasteiger partial charge is 0.462 e. The summed E-state index contributed by atoms with van der Waals surface area (Å²) in [5.74, 6) is 0. The molecule has 1 N–H and O–H groups in total. The minimum atomic E-state index is -0.370. The fourth-order valence-corrected chi connectivity index (χ4v) is 1.18. The zero-order chi connectivity index (χ0) is 9.68. The Kier molecular flexibility index (Phi) is 3.93. The Morgan fingerprint density at radius 3 is 2.54 bits per heavy atom. The van der Waals surface area contributed by atoms with Crippen LogP contribution in [0.4, 0.5) is 0 Å². The van der Waals surface area contributed by atoms with Crippen molar-refractivity contribution in [3.63, 3.8) is 0 Å². The van der Waals surface area contributed by atoms with Gasteiger partial charge >= 0.3 is 0 Å². The molecule has 0 amide bonds. The molecule has 0 bridgehead atoms. The molecule has 1 rings (SSSR count). The third-order valence-corrected chi connectivity index (χ3v) is 1.97. The van der Waals surface area contributed by atoms with Crippen molar-refractivity contribution in [2.45, 2.75) is 12.5 Å². The van der Waals surface area contributed by atoms with Crippen molar-refractivity contribution >= 4 is 0 Å². The first-order valence-corrected chi connectivity index (χ1v) is 4.45. The first-order chi connectivity index (χ1) is 6.20. The third kappa shape index (κ3) is 3.57. The summed E-state index contributed by atoms with van der Waals surface area (Å²) in [6.07, 6.45) is 0.356. The fourth-order valence-electron chi connectivity index (χ4n) is 1.18. The SMILES string of the molecule is [CH2-]N(C)CCC(O)c1ccccc1. The molecule has 2 heteroatoms. The van der Waals surface area contributed by atoms with Gasteiger partial charge in [0.15, 0.2) is 0 Å². The van der Waals surface area contributed by atoms with Gasteiger partial charge in [-0.1, -0.05) is 30.3 Å². The van der Waals surface area contributed by atoms with Gasteiger partial charge in [-0.15, -0.1) is 0 Å². The molecule has 0 aliphatic heterocycles. The maximum atomic E-state index is 9.71. The molecule has 0 heterocycles. The molecule has 1 atom stereocenters. The van der Waals surface area contributed by atoms with Gasteiger partial charge in [-0.3, -0.25) is 7.05 Å². The van der Waals surface area contributed by atoms with Crippen molar-refractivity contribution in [1.82, 2.24) is 4.90 Å². The number of nitrogens with zero attached hydrogens (tertiary/aromatic N) is 1. The Labute approximate surface area is 79.8 Å². The molecule has 0 spiro atoms. The minimum absolute atomic E-state index is 0.370. The van der Waals surface area contributed by atoms with Crippen LogP contribution < -0.4 is 0 Å². The van der Waals surface area contributed by atoms with E-state index in [1.165, 1.54) is 0 Å². The van der Waals surface area contributed by atoms with Gasteiger partial charge < -0.3 is 10.0 Å². The predicted molar refractivity (Wildman–Crippen MR) is 54.0 cm³/mol. The van der Waals surface area contributed by atoms with Gasteiger partial charge in [0.1, 0.15) is 0 Å². The van der Waals surface area contributed by atoms with Crippen molar-refractivity contribution < 1.29 is 5.11 Å². The standard InChI is InChI=1S/C11H16NO/c1-12(2)9-8-11(13)10-6-4-3-5-7-10/h3-7,11,13H,1,8-9H2,2H3/q-1. The molecule has 0 radical (unpaired) electrons. The van der Waals surface area contributed by atoms with Crippen LogP contribution in [0.5, 0.6) is 0 Å². The third-order valence-electron chi connectivity index (χ3n) is 1.97. The highest BCUT2D eigenvalue weighted by atomic mass is 16.3. The number of hydrogen-bond donors (Lipinski definition) is 1. The van der Waals surface area contributed by atoms with E-state index >= 15 is 0 Å². The molecule has 0 fully saturated rings. The number of aliphatic hydroxyl groups is 1. The van der Waals surface area contributed by atoms with E-state index in [1.54, 1.807) is 0 Å². The molecule has 0 aliphatic carbocycles. The lowest BCUT2D eigenvalue weighted by molar-refractivity contribution is 0.157. The molecule has 0 aromatic heterocycles. The summed E-state index contributed by atoms with van der Waals surface area (Å²) >= 11 is 0. The highest BCUT2D eigenvalue weighted by Gasteiger charge is 2.04. The number of benzene rings is 1. The average Bonchev–Trinajstić information content (AvgIpc) is 2.15. The quantitative estimate of drug-likeness (QED) is 0.711. The Morgan fingerprint density at radius 1 is 1.38 bits per heavy atom. The van der Waals surface area contributed by atoms with Gasteiger partial charge in [-0.25, -0.2) is 0 Å². The van der Waals surface area contributed by atoms with Crippen LogP contribution in [0.1, 0.15) is 18.1 Å². The average molecular weight is 178 g/mol. The summed E-state index contributed by atoms with van der Waals surface area (Å²) in [6.45, 7) is 0.802. The summed E-state index contributed by atoms with van der Waals surface area (Å²) in [6, 6.07) is 9.70. The van der Waals surface area contributed by atoms with Gasteiger partial charge in [-0.2, -0.15) is 0 Å². The number of aliphatic hydroxyl groups excluding tert-OH is 1. The minimum Gasteiger partial charge on any atom is -0.462 e. The van der Waals surface area contributed by atoms with E-state index in [0.29, 0.717) is 0 Å². The van der Waals surface area contributed by atoms with E-state index in [0.717, 1.165) is 18.5 Å². The van der Waals surface area contributed by atoms with E-state index < -0.39 is 0 Å². The van der Waals surface area contributed by atoms with Crippen LogP contribution in [0.2, 0.25) is 0 Å². The molecule has 13 heavy (non-hydrogen) atoms. The molecular weight excluding hydrogens is 162 g/mol. The zero-order valence-electron chi connectivity index (χ0n) is 7.98. The van der Waals surface area contributed by atoms with Gasteiger partial charge in [0.2, 0.25) is 0 Å². The Hall–Kier alpha value is -0.860. The van der Waals surface area contributed by atoms with Crippen LogP contribution in [0.25, 0.3) is 0 Å². The van der Waals surface area contributed by atoms with E-state index in [9.17, 15) is 5.11 Å². The molecule has 2 nitrogen and oxygen atoms in total. The van der Waals surface area contributed by atoms with Crippen LogP contribution in [0.3, 0.4) is 0 Å². The lowest BCUT2D eigenvalue weighted by Crippen LogP contribution is -2.13. The second-order valence-corrected chi connectivity index (χ2v) is 3.29. The van der Waals surface area contributed by atoms with E-state index in [-0.39, 0.29) is 6.10 Å². The molecule has 72 valence electrons. The normalized spacial score (nSPS) is 13.2. The van der Waals surface area contributed by atoms with E-state index in [4.69, 9.17) is 0 Å². The summed E-state index contributed by atoms with van der Waals surface area (Å²) in [4.78, 5) is 1.83. The second kappa shape index (κ2) is 5.00. The first kappa shape index (κ1) is 10.2. The summed E-state index contributed by atoms with van der Waals surface area (Å²) < 4.78 is 0. The second-order valence-electron chi connectivity index (χ2n) is 3.29. The smallest absolute Gasteiger partial charge is 0.0801 e. The van der Waals surface area contributed by atoms with Crippen LogP contribution in [0, 0.1) is 7.05 Å². The molecular formula is C11H16NO-. The van der Waals surface area contributed by atoms with Crippen LogP contribution in [0.15, 0.2) is 30.3 Å². The zero-order valence-corrected chi connectivity index (χ0v) is 7.98. The summed E-state index contributed by atoms with van der Waals surface area (Å²) in [5, 5.41) is 9.71. The van der Waals surface area contributed by atoms with Gasteiger partial charge in [0, 0.05) is 0 Å². The molecule has 0 aliphatic rings. The Balaban J connectivity index is 2.44. The van der Waals surface area contributed by atoms with Gasteiger partial charge in [0.25, 0.3) is 0 Å². The van der Waals surface area contributed by atoms with Crippen molar-refractivity contribution in [3.8, 4) is 0 Å². The Bertz CT molecular complexity index is 233. The van der Waals surface area contributed by atoms with E-state index in [2.05, 4.69) is 7.05 Å². The van der Waals surface area contributed by atoms with Crippen LogP contribution >= 0.6 is 0 Å². The molecule has 1 unspecified atom stereocenters. The predicted octanol–water partition coefficient (Wildman–Crippen LogP) is 1.83. The highest BCUT2D eigenvalue weighted by Crippen LogP contribution is 2.15. The van der Waals surface area contributed by atoms with Crippen molar-refractivity contribution in [3.05, 3.63) is 42.9 Å². The fraction of sp³-hybridized carbons (Fsp3) is 0.364. The monoisotopic (exact) mass is 178 g/mol. The van der Waals surface area contributed by atoms with Crippen LogP contribution in [-0.2, 0) is 0 Å². The van der Waals surface area contributed by atoms with Gasteiger partial charge in [-0.05, 0) is 25.6 Å².